The van der Waals surface area contributed by atoms with Gasteiger partial charge in [0.1, 0.15) is 17.7 Å². The van der Waals surface area contributed by atoms with E-state index in [0.29, 0.717) is 0 Å². The minimum atomic E-state index is -0.232. The molecule has 0 aromatic heterocycles. The number of fused-ring (bicyclic) bond motifs is 4. The first-order valence-electron chi connectivity index (χ1n) is 6.62. The highest BCUT2D eigenvalue weighted by atomic mass is 19.1. The smallest absolute Gasteiger partial charge is 0.144 e. The van der Waals surface area contributed by atoms with Crippen LogP contribution < -0.4 is 10.1 Å². The number of nitrogens with one attached hydrogen (secondary N) is 1. The standard InChI is InChI=1S/C16H14FNO/c17-11-6-8-15-14(9-11)18-13-7-5-10-3-1-2-4-12(10)16(13)19-15/h1-4,6,8-9,13,16,18H,5,7H2. The third-order valence-electron chi connectivity index (χ3n) is 3.99. The molecule has 0 fully saturated rings. The minimum absolute atomic E-state index is 0.0305. The highest BCUT2D eigenvalue weighted by molar-refractivity contribution is 5.60. The van der Waals surface area contributed by atoms with E-state index in [1.807, 2.05) is 6.07 Å². The normalized spacial score (nSPS) is 23.4. The SMILES string of the molecule is Fc1ccc2c(c1)NC1CCc3ccccc3C1O2. The van der Waals surface area contributed by atoms with Gasteiger partial charge in [-0.2, -0.15) is 0 Å². The zero-order valence-electron chi connectivity index (χ0n) is 10.4. The van der Waals surface area contributed by atoms with Crippen molar-refractivity contribution in [3.05, 3.63) is 59.4 Å². The molecule has 1 heterocycles. The van der Waals surface area contributed by atoms with Crippen LogP contribution in [0.1, 0.15) is 23.7 Å². The van der Waals surface area contributed by atoms with Gasteiger partial charge in [0, 0.05) is 6.07 Å². The van der Waals surface area contributed by atoms with E-state index >= 15 is 0 Å². The number of rotatable bonds is 0. The molecule has 2 aliphatic rings. The highest BCUT2D eigenvalue weighted by Crippen LogP contribution is 2.42. The predicted octanol–water partition coefficient (Wildman–Crippen LogP) is 3.69. The predicted molar refractivity (Wildman–Crippen MR) is 71.9 cm³/mol. The molecule has 2 unspecified atom stereocenters. The zero-order chi connectivity index (χ0) is 12.8. The maximum atomic E-state index is 13.3. The Morgan fingerprint density at radius 1 is 1.16 bits per heavy atom. The number of anilines is 1. The second-order valence-electron chi connectivity index (χ2n) is 5.17. The van der Waals surface area contributed by atoms with Crippen LogP contribution in [0.2, 0.25) is 0 Å². The molecule has 2 atom stereocenters. The summed E-state index contributed by atoms with van der Waals surface area (Å²) in [5, 5.41) is 3.42. The molecule has 4 rings (SSSR count). The molecule has 0 radical (unpaired) electrons. The zero-order valence-corrected chi connectivity index (χ0v) is 10.4. The fraction of sp³-hybridized carbons (Fsp3) is 0.250. The van der Waals surface area contributed by atoms with Crippen molar-refractivity contribution in [2.75, 3.05) is 5.32 Å². The fourth-order valence-electron chi connectivity index (χ4n) is 3.07. The van der Waals surface area contributed by atoms with Crippen molar-refractivity contribution in [2.45, 2.75) is 25.0 Å². The first-order chi connectivity index (χ1) is 9.31. The second kappa shape index (κ2) is 3.98. The maximum Gasteiger partial charge on any atom is 0.144 e. The van der Waals surface area contributed by atoms with E-state index in [2.05, 4.69) is 23.5 Å². The first-order valence-corrected chi connectivity index (χ1v) is 6.62. The van der Waals surface area contributed by atoms with Gasteiger partial charge in [0.15, 0.2) is 0 Å². The molecular weight excluding hydrogens is 241 g/mol. The molecule has 0 amide bonds. The van der Waals surface area contributed by atoms with Crippen LogP contribution in [0.5, 0.6) is 5.75 Å². The molecule has 0 saturated heterocycles. The van der Waals surface area contributed by atoms with E-state index in [4.69, 9.17) is 4.74 Å². The summed E-state index contributed by atoms with van der Waals surface area (Å²) in [5.74, 6) is 0.504. The summed E-state index contributed by atoms with van der Waals surface area (Å²) < 4.78 is 19.4. The van der Waals surface area contributed by atoms with Gasteiger partial charge < -0.3 is 10.1 Å². The van der Waals surface area contributed by atoms with Crippen LogP contribution in [0.25, 0.3) is 0 Å². The maximum absolute atomic E-state index is 13.3. The highest BCUT2D eigenvalue weighted by Gasteiger charge is 2.35. The van der Waals surface area contributed by atoms with Gasteiger partial charge in [-0.3, -0.25) is 0 Å². The van der Waals surface area contributed by atoms with Crippen molar-refractivity contribution in [1.29, 1.82) is 0 Å². The Labute approximate surface area is 111 Å². The van der Waals surface area contributed by atoms with Crippen molar-refractivity contribution in [3.63, 3.8) is 0 Å². The molecule has 96 valence electrons. The molecule has 19 heavy (non-hydrogen) atoms. The van der Waals surface area contributed by atoms with Gasteiger partial charge in [-0.1, -0.05) is 24.3 Å². The van der Waals surface area contributed by atoms with Gasteiger partial charge in [-0.15, -0.1) is 0 Å². The average molecular weight is 255 g/mol. The minimum Gasteiger partial charge on any atom is -0.481 e. The van der Waals surface area contributed by atoms with Crippen LogP contribution in [0.15, 0.2) is 42.5 Å². The summed E-state index contributed by atoms with van der Waals surface area (Å²) in [6, 6.07) is 13.3. The van der Waals surface area contributed by atoms with Gasteiger partial charge >= 0.3 is 0 Å². The Morgan fingerprint density at radius 3 is 3.00 bits per heavy atom. The summed E-state index contributed by atoms with van der Waals surface area (Å²) in [6.45, 7) is 0. The Bertz CT molecular complexity index is 640. The third kappa shape index (κ3) is 1.69. The van der Waals surface area contributed by atoms with Gasteiger partial charge in [0.2, 0.25) is 0 Å². The lowest BCUT2D eigenvalue weighted by atomic mass is 9.85. The Kier molecular flexibility index (Phi) is 2.28. The summed E-state index contributed by atoms with van der Waals surface area (Å²) in [4.78, 5) is 0. The molecule has 0 bridgehead atoms. The van der Waals surface area contributed by atoms with E-state index in [1.54, 1.807) is 6.07 Å². The quantitative estimate of drug-likeness (QED) is 0.775. The van der Waals surface area contributed by atoms with Crippen molar-refractivity contribution in [3.8, 4) is 5.75 Å². The Morgan fingerprint density at radius 2 is 2.05 bits per heavy atom. The number of hydrogen-bond acceptors (Lipinski definition) is 2. The summed E-state index contributed by atoms with van der Waals surface area (Å²) in [5.41, 5.74) is 3.37. The first kappa shape index (κ1) is 10.9. The van der Waals surface area contributed by atoms with E-state index < -0.39 is 0 Å². The van der Waals surface area contributed by atoms with Crippen molar-refractivity contribution in [2.24, 2.45) is 0 Å². The monoisotopic (exact) mass is 255 g/mol. The molecule has 0 spiro atoms. The number of benzene rings is 2. The average Bonchev–Trinajstić information content (AvgIpc) is 2.45. The van der Waals surface area contributed by atoms with Crippen LogP contribution in [-0.2, 0) is 6.42 Å². The third-order valence-corrected chi connectivity index (χ3v) is 3.99. The molecule has 1 aliphatic heterocycles. The summed E-state index contributed by atoms with van der Waals surface area (Å²) in [6.07, 6.45) is 2.08. The van der Waals surface area contributed by atoms with E-state index in [9.17, 15) is 4.39 Å². The van der Waals surface area contributed by atoms with Gasteiger partial charge in [0.05, 0.1) is 11.7 Å². The molecule has 2 aromatic rings. The molecule has 2 nitrogen and oxygen atoms in total. The van der Waals surface area contributed by atoms with Crippen LogP contribution in [0, 0.1) is 5.82 Å². The van der Waals surface area contributed by atoms with Gasteiger partial charge in [-0.05, 0) is 36.1 Å². The van der Waals surface area contributed by atoms with E-state index in [-0.39, 0.29) is 18.0 Å². The second-order valence-corrected chi connectivity index (χ2v) is 5.17. The number of aryl methyl sites for hydroxylation is 1. The van der Waals surface area contributed by atoms with Crippen molar-refractivity contribution >= 4 is 5.69 Å². The molecule has 1 aliphatic carbocycles. The fourth-order valence-corrected chi connectivity index (χ4v) is 3.07. The van der Waals surface area contributed by atoms with E-state index in [1.165, 1.54) is 23.3 Å². The lowest BCUT2D eigenvalue weighted by molar-refractivity contribution is 0.157. The van der Waals surface area contributed by atoms with Crippen LogP contribution in [0.3, 0.4) is 0 Å². The van der Waals surface area contributed by atoms with E-state index in [0.717, 1.165) is 24.3 Å². The molecule has 3 heteroatoms. The largest absolute Gasteiger partial charge is 0.481 e. The Balaban J connectivity index is 1.77. The topological polar surface area (TPSA) is 21.3 Å². The van der Waals surface area contributed by atoms with Crippen LogP contribution >= 0.6 is 0 Å². The lowest BCUT2D eigenvalue weighted by Gasteiger charge is -2.39. The van der Waals surface area contributed by atoms with Crippen LogP contribution in [-0.4, -0.2) is 6.04 Å². The molecule has 0 saturated carbocycles. The molecule has 2 aromatic carbocycles. The number of ether oxygens (including phenoxy) is 1. The summed E-state index contributed by atoms with van der Waals surface area (Å²) in [7, 11) is 0. The van der Waals surface area contributed by atoms with Crippen molar-refractivity contribution < 1.29 is 9.13 Å². The molecule has 1 N–H and O–H groups in total. The van der Waals surface area contributed by atoms with Gasteiger partial charge in [0.25, 0.3) is 0 Å². The lowest BCUT2D eigenvalue weighted by Crippen LogP contribution is -2.38. The number of hydrogen-bond donors (Lipinski definition) is 1. The van der Waals surface area contributed by atoms with Crippen molar-refractivity contribution in [1.82, 2.24) is 0 Å². The number of halogens is 1. The van der Waals surface area contributed by atoms with Crippen LogP contribution in [0.4, 0.5) is 10.1 Å². The Hall–Kier alpha value is -2.03. The summed E-state index contributed by atoms with van der Waals surface area (Å²) >= 11 is 0. The van der Waals surface area contributed by atoms with Gasteiger partial charge in [-0.25, -0.2) is 4.39 Å². The molecular formula is C16H14FNO.